The van der Waals surface area contributed by atoms with Gasteiger partial charge < -0.3 is 0 Å². The SMILES string of the molecule is CC(/C=C/CSc1ccccc1)c1ccccc1. The lowest BCUT2D eigenvalue weighted by Gasteiger charge is -2.05. The molecule has 0 fully saturated rings. The maximum Gasteiger partial charge on any atom is 0.0161 e. The molecule has 0 spiro atoms. The molecule has 0 bridgehead atoms. The van der Waals surface area contributed by atoms with Crippen molar-refractivity contribution in [2.24, 2.45) is 0 Å². The fraction of sp³-hybridized carbons (Fsp3) is 0.176. The van der Waals surface area contributed by atoms with Crippen LogP contribution in [0.3, 0.4) is 0 Å². The summed E-state index contributed by atoms with van der Waals surface area (Å²) in [6.07, 6.45) is 4.54. The van der Waals surface area contributed by atoms with Gasteiger partial charge in [0.2, 0.25) is 0 Å². The normalized spacial score (nSPS) is 12.7. The second-order valence-electron chi connectivity index (χ2n) is 4.25. The number of benzene rings is 2. The third-order valence-electron chi connectivity index (χ3n) is 2.84. The van der Waals surface area contributed by atoms with E-state index in [0.717, 1.165) is 5.75 Å². The van der Waals surface area contributed by atoms with Crippen molar-refractivity contribution in [2.45, 2.75) is 17.7 Å². The van der Waals surface area contributed by atoms with Crippen molar-refractivity contribution in [3.63, 3.8) is 0 Å². The summed E-state index contributed by atoms with van der Waals surface area (Å²) in [6, 6.07) is 21.1. The molecule has 0 saturated carbocycles. The summed E-state index contributed by atoms with van der Waals surface area (Å²) in [5.74, 6) is 1.52. The van der Waals surface area contributed by atoms with Crippen molar-refractivity contribution >= 4 is 11.8 Å². The standard InChI is InChI=1S/C17H18S/c1-15(16-10-4-2-5-11-16)9-8-14-18-17-12-6-3-7-13-17/h2-13,15H,14H2,1H3/b9-8+. The van der Waals surface area contributed by atoms with Gasteiger partial charge >= 0.3 is 0 Å². The van der Waals surface area contributed by atoms with Gasteiger partial charge in [-0.1, -0.05) is 67.6 Å². The highest BCUT2D eigenvalue weighted by Crippen LogP contribution is 2.19. The third-order valence-corrected chi connectivity index (χ3v) is 3.80. The summed E-state index contributed by atoms with van der Waals surface area (Å²) in [4.78, 5) is 1.33. The van der Waals surface area contributed by atoms with E-state index in [1.165, 1.54) is 10.5 Å². The van der Waals surface area contributed by atoms with E-state index in [1.54, 1.807) is 0 Å². The second kappa shape index (κ2) is 7.07. The van der Waals surface area contributed by atoms with Crippen LogP contribution < -0.4 is 0 Å². The van der Waals surface area contributed by atoms with Crippen LogP contribution in [0.25, 0.3) is 0 Å². The minimum atomic E-state index is 0.488. The lowest BCUT2D eigenvalue weighted by molar-refractivity contribution is 0.966. The van der Waals surface area contributed by atoms with Crippen LogP contribution in [0.15, 0.2) is 77.7 Å². The third kappa shape index (κ3) is 4.08. The highest BCUT2D eigenvalue weighted by atomic mass is 32.2. The molecule has 1 heteroatoms. The summed E-state index contributed by atoms with van der Waals surface area (Å²) >= 11 is 1.87. The van der Waals surface area contributed by atoms with Gasteiger partial charge in [0.1, 0.15) is 0 Å². The Labute approximate surface area is 114 Å². The van der Waals surface area contributed by atoms with E-state index in [1.807, 2.05) is 11.8 Å². The second-order valence-corrected chi connectivity index (χ2v) is 5.34. The zero-order chi connectivity index (χ0) is 12.6. The Hall–Kier alpha value is -1.47. The molecule has 1 atom stereocenters. The lowest BCUT2D eigenvalue weighted by atomic mass is 10.0. The Kier molecular flexibility index (Phi) is 5.10. The van der Waals surface area contributed by atoms with Crippen molar-refractivity contribution < 1.29 is 0 Å². The number of hydrogen-bond acceptors (Lipinski definition) is 1. The van der Waals surface area contributed by atoms with E-state index < -0.39 is 0 Å². The number of allylic oxidation sites excluding steroid dienone is 1. The van der Waals surface area contributed by atoms with Gasteiger partial charge in [-0.15, -0.1) is 11.8 Å². The molecular formula is C17H18S. The summed E-state index contributed by atoms with van der Waals surface area (Å²) in [5.41, 5.74) is 1.37. The molecule has 0 N–H and O–H groups in total. The minimum Gasteiger partial charge on any atom is -0.122 e. The number of rotatable bonds is 5. The molecule has 2 rings (SSSR count). The van der Waals surface area contributed by atoms with Crippen molar-refractivity contribution in [3.8, 4) is 0 Å². The first-order valence-electron chi connectivity index (χ1n) is 6.26. The molecule has 2 aromatic carbocycles. The van der Waals surface area contributed by atoms with Crippen molar-refractivity contribution in [1.82, 2.24) is 0 Å². The molecule has 0 radical (unpaired) electrons. The molecular weight excluding hydrogens is 236 g/mol. The molecule has 0 saturated heterocycles. The van der Waals surface area contributed by atoms with Crippen LogP contribution in [0, 0.1) is 0 Å². The molecule has 92 valence electrons. The Balaban J connectivity index is 1.82. The van der Waals surface area contributed by atoms with Crippen molar-refractivity contribution in [2.75, 3.05) is 5.75 Å². The largest absolute Gasteiger partial charge is 0.122 e. The first-order chi connectivity index (χ1) is 8.86. The Morgan fingerprint density at radius 3 is 2.22 bits per heavy atom. The Morgan fingerprint density at radius 2 is 1.56 bits per heavy atom. The van der Waals surface area contributed by atoms with Crippen LogP contribution in [0.2, 0.25) is 0 Å². The van der Waals surface area contributed by atoms with E-state index in [2.05, 4.69) is 79.7 Å². The first kappa shape index (κ1) is 13.0. The molecule has 0 nitrogen and oxygen atoms in total. The topological polar surface area (TPSA) is 0 Å². The fourth-order valence-corrected chi connectivity index (χ4v) is 2.54. The average molecular weight is 254 g/mol. The van der Waals surface area contributed by atoms with Gasteiger partial charge in [-0.2, -0.15) is 0 Å². The van der Waals surface area contributed by atoms with Crippen LogP contribution in [0.4, 0.5) is 0 Å². The summed E-state index contributed by atoms with van der Waals surface area (Å²) in [5, 5.41) is 0. The van der Waals surface area contributed by atoms with E-state index in [4.69, 9.17) is 0 Å². The Bertz CT molecular complexity index is 473. The zero-order valence-electron chi connectivity index (χ0n) is 10.6. The van der Waals surface area contributed by atoms with Crippen LogP contribution >= 0.6 is 11.8 Å². The predicted octanol–water partition coefficient (Wildman–Crippen LogP) is 5.14. The maximum absolute atomic E-state index is 2.28. The van der Waals surface area contributed by atoms with Crippen molar-refractivity contribution in [3.05, 3.63) is 78.4 Å². The van der Waals surface area contributed by atoms with E-state index in [-0.39, 0.29) is 0 Å². The van der Waals surface area contributed by atoms with Crippen molar-refractivity contribution in [1.29, 1.82) is 0 Å². The van der Waals surface area contributed by atoms with Crippen LogP contribution in [0.5, 0.6) is 0 Å². The Morgan fingerprint density at radius 1 is 0.944 bits per heavy atom. The molecule has 0 aliphatic rings. The van der Waals surface area contributed by atoms with Crippen LogP contribution in [0.1, 0.15) is 18.4 Å². The lowest BCUT2D eigenvalue weighted by Crippen LogP contribution is -1.88. The molecule has 0 amide bonds. The summed E-state index contributed by atoms with van der Waals surface area (Å²) in [6.45, 7) is 2.24. The average Bonchev–Trinajstić information content (AvgIpc) is 2.45. The summed E-state index contributed by atoms with van der Waals surface area (Å²) < 4.78 is 0. The molecule has 18 heavy (non-hydrogen) atoms. The van der Waals surface area contributed by atoms with Gasteiger partial charge in [-0.3, -0.25) is 0 Å². The predicted molar refractivity (Wildman–Crippen MR) is 81.2 cm³/mol. The van der Waals surface area contributed by atoms with E-state index in [0.29, 0.717) is 5.92 Å². The molecule has 0 aliphatic carbocycles. The van der Waals surface area contributed by atoms with Gasteiger partial charge in [0.15, 0.2) is 0 Å². The van der Waals surface area contributed by atoms with Gasteiger partial charge in [-0.05, 0) is 23.6 Å². The van der Waals surface area contributed by atoms with Gasteiger partial charge in [0, 0.05) is 10.6 Å². The highest BCUT2D eigenvalue weighted by molar-refractivity contribution is 7.99. The minimum absolute atomic E-state index is 0.488. The molecule has 2 aromatic rings. The van der Waals surface area contributed by atoms with E-state index in [9.17, 15) is 0 Å². The first-order valence-corrected chi connectivity index (χ1v) is 7.24. The maximum atomic E-state index is 2.28. The highest BCUT2D eigenvalue weighted by Gasteiger charge is 1.98. The van der Waals surface area contributed by atoms with Gasteiger partial charge in [0.25, 0.3) is 0 Å². The zero-order valence-corrected chi connectivity index (χ0v) is 11.4. The summed E-state index contributed by atoms with van der Waals surface area (Å²) in [7, 11) is 0. The molecule has 0 aliphatic heterocycles. The van der Waals surface area contributed by atoms with Crippen LogP contribution in [-0.4, -0.2) is 5.75 Å². The molecule has 1 unspecified atom stereocenters. The quantitative estimate of drug-likeness (QED) is 0.526. The van der Waals surface area contributed by atoms with Gasteiger partial charge in [-0.25, -0.2) is 0 Å². The smallest absolute Gasteiger partial charge is 0.0161 e. The monoisotopic (exact) mass is 254 g/mol. The van der Waals surface area contributed by atoms with Crippen LogP contribution in [-0.2, 0) is 0 Å². The van der Waals surface area contributed by atoms with E-state index >= 15 is 0 Å². The fourth-order valence-electron chi connectivity index (χ4n) is 1.79. The molecule has 0 aromatic heterocycles. The van der Waals surface area contributed by atoms with Gasteiger partial charge in [0.05, 0.1) is 0 Å². The number of thioether (sulfide) groups is 1. The molecule has 0 heterocycles. The number of hydrogen-bond donors (Lipinski definition) is 0.